The van der Waals surface area contributed by atoms with Crippen LogP contribution in [0, 0.1) is 6.92 Å². The number of carboxylic acids is 1. The number of aromatic amines is 1. The first-order valence-electron chi connectivity index (χ1n) is 6.92. The molecule has 2 rings (SSSR count). The number of carbonyl (C=O) groups is 1. The topological polar surface area (TPSA) is 125 Å². The zero-order valence-corrected chi connectivity index (χ0v) is 12.2. The Morgan fingerprint density at radius 2 is 2.32 bits per heavy atom. The Kier molecular flexibility index (Phi) is 5.11. The van der Waals surface area contributed by atoms with E-state index in [9.17, 15) is 19.5 Å². The van der Waals surface area contributed by atoms with Crippen LogP contribution in [0.15, 0.2) is 15.8 Å². The number of aliphatic carboxylic acids is 1. The molecule has 0 spiro atoms. The van der Waals surface area contributed by atoms with Gasteiger partial charge in [-0.15, -0.1) is 0 Å². The molecule has 0 amide bonds. The van der Waals surface area contributed by atoms with Crippen molar-refractivity contribution in [2.75, 3.05) is 19.8 Å². The number of aryl methyl sites for hydroxylation is 1. The number of H-pyrrole nitrogens is 1. The molecule has 0 bridgehead atoms. The Hall–Kier alpha value is -1.97. The van der Waals surface area contributed by atoms with Crippen LogP contribution in [-0.2, 0) is 16.1 Å². The number of aliphatic hydroxyl groups excluding tert-OH is 1. The number of carboxylic acid groups (broad SMARTS) is 1. The number of ether oxygens (including phenoxy) is 1. The van der Waals surface area contributed by atoms with Gasteiger partial charge in [0, 0.05) is 24.4 Å². The van der Waals surface area contributed by atoms with Crippen LogP contribution in [0.5, 0.6) is 0 Å². The third-order valence-corrected chi connectivity index (χ3v) is 3.62. The number of nitrogens with one attached hydrogen (secondary N) is 1. The van der Waals surface area contributed by atoms with E-state index >= 15 is 0 Å². The summed E-state index contributed by atoms with van der Waals surface area (Å²) in [7, 11) is 0. The quantitative estimate of drug-likeness (QED) is 0.537. The smallest absolute Gasteiger partial charge is 0.328 e. The summed E-state index contributed by atoms with van der Waals surface area (Å²) >= 11 is 0. The summed E-state index contributed by atoms with van der Waals surface area (Å²) in [5.41, 5.74) is -0.796. The van der Waals surface area contributed by atoms with Crippen molar-refractivity contribution in [1.82, 2.24) is 14.5 Å². The summed E-state index contributed by atoms with van der Waals surface area (Å²) in [6.45, 7) is 1.89. The summed E-state index contributed by atoms with van der Waals surface area (Å²) in [5.74, 6) is -1.07. The van der Waals surface area contributed by atoms with Gasteiger partial charge in [-0.2, -0.15) is 0 Å². The minimum atomic E-state index is -1.18. The summed E-state index contributed by atoms with van der Waals surface area (Å²) in [6, 6.07) is -0.217. The van der Waals surface area contributed by atoms with Gasteiger partial charge in [-0.1, -0.05) is 0 Å². The van der Waals surface area contributed by atoms with Crippen LogP contribution in [0.1, 0.15) is 12.0 Å². The molecule has 2 atom stereocenters. The predicted molar refractivity (Wildman–Crippen MR) is 75.6 cm³/mol. The van der Waals surface area contributed by atoms with Gasteiger partial charge in [0.2, 0.25) is 0 Å². The molecule has 0 saturated carbocycles. The van der Waals surface area contributed by atoms with E-state index in [-0.39, 0.29) is 19.1 Å². The third-order valence-electron chi connectivity index (χ3n) is 3.62. The number of hydrogen-bond donors (Lipinski definition) is 3. The van der Waals surface area contributed by atoms with Gasteiger partial charge in [0.25, 0.3) is 5.56 Å². The van der Waals surface area contributed by atoms with Crippen molar-refractivity contribution in [2.45, 2.75) is 32.2 Å². The van der Waals surface area contributed by atoms with Crippen LogP contribution in [0.4, 0.5) is 0 Å². The molecule has 0 aliphatic carbocycles. The van der Waals surface area contributed by atoms with Gasteiger partial charge in [0.1, 0.15) is 6.23 Å². The van der Waals surface area contributed by atoms with Crippen LogP contribution in [0.25, 0.3) is 0 Å². The first-order chi connectivity index (χ1) is 10.4. The van der Waals surface area contributed by atoms with Gasteiger partial charge in [-0.25, -0.2) is 4.79 Å². The molecule has 22 heavy (non-hydrogen) atoms. The zero-order chi connectivity index (χ0) is 16.3. The summed E-state index contributed by atoms with van der Waals surface area (Å²) in [4.78, 5) is 37.6. The molecule has 1 aromatic rings. The van der Waals surface area contributed by atoms with Crippen molar-refractivity contribution in [2.24, 2.45) is 0 Å². The number of rotatable bonds is 6. The van der Waals surface area contributed by atoms with Gasteiger partial charge >= 0.3 is 11.7 Å². The van der Waals surface area contributed by atoms with Crippen molar-refractivity contribution < 1.29 is 19.7 Å². The minimum Gasteiger partial charge on any atom is -0.480 e. The van der Waals surface area contributed by atoms with Crippen molar-refractivity contribution in [3.05, 3.63) is 32.6 Å². The number of aromatic nitrogens is 2. The molecule has 1 fully saturated rings. The molecule has 1 saturated heterocycles. The van der Waals surface area contributed by atoms with E-state index in [4.69, 9.17) is 9.84 Å². The van der Waals surface area contributed by atoms with Crippen molar-refractivity contribution in [3.8, 4) is 0 Å². The fraction of sp³-hybridized carbons (Fsp3) is 0.615. The van der Waals surface area contributed by atoms with Crippen molar-refractivity contribution in [3.63, 3.8) is 0 Å². The second-order valence-electron chi connectivity index (χ2n) is 5.29. The molecular formula is C13H19N3O6. The second kappa shape index (κ2) is 6.86. The maximum Gasteiger partial charge on any atom is 0.328 e. The van der Waals surface area contributed by atoms with E-state index in [0.717, 1.165) is 4.57 Å². The van der Waals surface area contributed by atoms with E-state index in [1.54, 1.807) is 6.92 Å². The highest BCUT2D eigenvalue weighted by molar-refractivity contribution is 5.69. The Bertz CT molecular complexity index is 646. The maximum absolute atomic E-state index is 11.7. The highest BCUT2D eigenvalue weighted by atomic mass is 16.5. The second-order valence-corrected chi connectivity index (χ2v) is 5.29. The van der Waals surface area contributed by atoms with E-state index in [2.05, 4.69) is 4.98 Å². The first-order valence-corrected chi connectivity index (χ1v) is 6.92. The highest BCUT2D eigenvalue weighted by Gasteiger charge is 2.30. The molecule has 1 aromatic heterocycles. The van der Waals surface area contributed by atoms with Crippen molar-refractivity contribution in [1.29, 1.82) is 0 Å². The van der Waals surface area contributed by atoms with E-state index in [0.29, 0.717) is 25.2 Å². The maximum atomic E-state index is 11.7. The summed E-state index contributed by atoms with van der Waals surface area (Å²) < 4.78 is 6.38. The predicted octanol–water partition coefficient (Wildman–Crippen LogP) is -1.66. The van der Waals surface area contributed by atoms with Crippen molar-refractivity contribution >= 4 is 5.97 Å². The monoisotopic (exact) mass is 313 g/mol. The summed E-state index contributed by atoms with van der Waals surface area (Å²) in [6.07, 6.45) is 0.782. The van der Waals surface area contributed by atoms with Gasteiger partial charge < -0.3 is 14.9 Å². The summed E-state index contributed by atoms with van der Waals surface area (Å²) in [5, 5.41) is 19.3. The fourth-order valence-corrected chi connectivity index (χ4v) is 2.45. The standard InChI is InChI=1S/C13H19N3O6/c1-8-4-15(13(21)14-12(8)20)5-10(17)16(6-11(18)19)9-2-3-22-7-9/h4,9-10,17H,2-3,5-7H2,1H3,(H,18,19)(H,14,20,21). The number of hydrogen-bond acceptors (Lipinski definition) is 6. The van der Waals surface area contributed by atoms with Gasteiger partial charge in [-0.3, -0.25) is 24.0 Å². The third kappa shape index (κ3) is 3.81. The normalized spacial score (nSPS) is 19.5. The molecule has 3 N–H and O–H groups in total. The Labute approximate surface area is 125 Å². The average molecular weight is 313 g/mol. The Morgan fingerprint density at radius 1 is 1.59 bits per heavy atom. The lowest BCUT2D eigenvalue weighted by Crippen LogP contribution is -2.49. The molecule has 0 aromatic carbocycles. The lowest BCUT2D eigenvalue weighted by molar-refractivity contribution is -0.143. The molecule has 122 valence electrons. The lowest BCUT2D eigenvalue weighted by Gasteiger charge is -2.31. The molecule has 2 unspecified atom stereocenters. The number of nitrogens with zero attached hydrogens (tertiary/aromatic N) is 2. The Morgan fingerprint density at radius 3 is 2.91 bits per heavy atom. The SMILES string of the molecule is Cc1cn(CC(O)N(CC(=O)O)C2CCOC2)c(=O)[nH]c1=O. The van der Waals surface area contributed by atoms with Crippen LogP contribution >= 0.6 is 0 Å². The van der Waals surface area contributed by atoms with Gasteiger partial charge in [0.15, 0.2) is 0 Å². The molecule has 2 heterocycles. The minimum absolute atomic E-state index is 0.139. The molecule has 1 aliphatic rings. The molecule has 9 heteroatoms. The van der Waals surface area contributed by atoms with Crippen LogP contribution in [0.2, 0.25) is 0 Å². The largest absolute Gasteiger partial charge is 0.480 e. The molecule has 0 radical (unpaired) electrons. The van der Waals surface area contributed by atoms with Gasteiger partial charge in [-0.05, 0) is 13.3 Å². The van der Waals surface area contributed by atoms with Crippen LogP contribution < -0.4 is 11.2 Å². The number of aliphatic hydroxyl groups is 1. The lowest BCUT2D eigenvalue weighted by atomic mass is 10.2. The Balaban J connectivity index is 2.18. The fourth-order valence-electron chi connectivity index (χ4n) is 2.45. The van der Waals surface area contributed by atoms with Crippen LogP contribution in [-0.4, -0.2) is 62.7 Å². The highest BCUT2D eigenvalue weighted by Crippen LogP contribution is 2.15. The molecular weight excluding hydrogens is 294 g/mol. The molecule has 1 aliphatic heterocycles. The first kappa shape index (κ1) is 16.4. The zero-order valence-electron chi connectivity index (χ0n) is 12.2. The van der Waals surface area contributed by atoms with Crippen LogP contribution in [0.3, 0.4) is 0 Å². The van der Waals surface area contributed by atoms with E-state index in [1.165, 1.54) is 11.1 Å². The van der Waals surface area contributed by atoms with Gasteiger partial charge in [0.05, 0.1) is 19.7 Å². The molecule has 9 nitrogen and oxygen atoms in total. The van der Waals surface area contributed by atoms with E-state index < -0.39 is 23.4 Å². The van der Waals surface area contributed by atoms with E-state index in [1.807, 2.05) is 0 Å². The average Bonchev–Trinajstić information content (AvgIpc) is 2.95.